The molecule has 0 bridgehead atoms. The number of rotatable bonds is 8. The highest BCUT2D eigenvalue weighted by Crippen LogP contribution is 2.15. The quantitative estimate of drug-likeness (QED) is 0.694. The first kappa shape index (κ1) is 20.8. The third-order valence-corrected chi connectivity index (χ3v) is 3.33. The molecule has 0 aliphatic carbocycles. The number of benzene rings is 2. The fraction of sp³-hybridized carbons (Fsp3) is 0.211. The van der Waals surface area contributed by atoms with Crippen LogP contribution in [0, 0.1) is 0 Å². The molecule has 0 aliphatic heterocycles. The van der Waals surface area contributed by atoms with E-state index in [-0.39, 0.29) is 16.9 Å². The standard InChI is InChI=1S/C19H17F2NO6/c1-2-26-14-7-5-13(6-8-14)18(25)27-11-16(23)22-17(24)12-3-9-15(10-4-12)28-19(20)21/h3-10,19H,2,11H2,1H3,(H,22,23,24). The molecule has 2 aromatic rings. The predicted octanol–water partition coefficient (Wildman–Crippen LogP) is 2.80. The van der Waals surface area contributed by atoms with Crippen molar-refractivity contribution < 1.29 is 37.4 Å². The van der Waals surface area contributed by atoms with Crippen LogP contribution in [0.1, 0.15) is 27.6 Å². The summed E-state index contributed by atoms with van der Waals surface area (Å²) < 4.78 is 38.4. The maximum absolute atomic E-state index is 12.1. The number of nitrogens with one attached hydrogen (secondary N) is 1. The Kier molecular flexibility index (Phi) is 7.44. The molecule has 0 saturated carbocycles. The van der Waals surface area contributed by atoms with E-state index in [9.17, 15) is 23.2 Å². The molecule has 28 heavy (non-hydrogen) atoms. The molecule has 0 fully saturated rings. The van der Waals surface area contributed by atoms with Crippen LogP contribution in [0.25, 0.3) is 0 Å². The fourth-order valence-electron chi connectivity index (χ4n) is 2.09. The number of hydrogen-bond acceptors (Lipinski definition) is 6. The molecule has 0 atom stereocenters. The van der Waals surface area contributed by atoms with Crippen LogP contribution >= 0.6 is 0 Å². The van der Waals surface area contributed by atoms with E-state index in [0.29, 0.717) is 12.4 Å². The predicted molar refractivity (Wildman–Crippen MR) is 93.4 cm³/mol. The maximum Gasteiger partial charge on any atom is 0.387 e. The molecule has 0 unspecified atom stereocenters. The van der Waals surface area contributed by atoms with Crippen molar-refractivity contribution in [2.24, 2.45) is 0 Å². The Morgan fingerprint density at radius 3 is 2.07 bits per heavy atom. The Morgan fingerprint density at radius 1 is 0.929 bits per heavy atom. The minimum absolute atomic E-state index is 0.0489. The molecular formula is C19H17F2NO6. The average molecular weight is 393 g/mol. The Bertz CT molecular complexity index is 821. The Balaban J connectivity index is 1.82. The maximum atomic E-state index is 12.1. The van der Waals surface area contributed by atoms with Gasteiger partial charge in [-0.3, -0.25) is 14.9 Å². The minimum atomic E-state index is -2.98. The van der Waals surface area contributed by atoms with E-state index in [1.807, 2.05) is 12.2 Å². The van der Waals surface area contributed by atoms with Crippen LogP contribution in [0.4, 0.5) is 8.78 Å². The highest BCUT2D eigenvalue weighted by Gasteiger charge is 2.14. The summed E-state index contributed by atoms with van der Waals surface area (Å²) in [6.45, 7) is -1.33. The number of ether oxygens (including phenoxy) is 3. The number of esters is 1. The molecule has 0 radical (unpaired) electrons. The topological polar surface area (TPSA) is 90.9 Å². The molecule has 148 valence electrons. The summed E-state index contributed by atoms with van der Waals surface area (Å²) >= 11 is 0. The number of alkyl halides is 2. The van der Waals surface area contributed by atoms with E-state index in [2.05, 4.69) is 4.74 Å². The van der Waals surface area contributed by atoms with Gasteiger partial charge in [0.2, 0.25) is 0 Å². The molecule has 9 heteroatoms. The number of imide groups is 1. The van der Waals surface area contributed by atoms with E-state index in [0.717, 1.165) is 12.1 Å². The molecule has 2 amide bonds. The summed E-state index contributed by atoms with van der Waals surface area (Å²) in [4.78, 5) is 35.6. The number of hydrogen-bond donors (Lipinski definition) is 1. The van der Waals surface area contributed by atoms with E-state index < -0.39 is 31.0 Å². The van der Waals surface area contributed by atoms with Crippen LogP contribution in [0.5, 0.6) is 11.5 Å². The lowest BCUT2D eigenvalue weighted by Gasteiger charge is -2.08. The Hall–Kier alpha value is -3.49. The molecule has 0 saturated heterocycles. The molecule has 1 N–H and O–H groups in total. The Labute approximate surface area is 159 Å². The third kappa shape index (κ3) is 6.35. The van der Waals surface area contributed by atoms with Gasteiger partial charge in [0.1, 0.15) is 11.5 Å². The fourth-order valence-corrected chi connectivity index (χ4v) is 2.09. The first-order chi connectivity index (χ1) is 13.4. The van der Waals surface area contributed by atoms with Gasteiger partial charge >= 0.3 is 12.6 Å². The van der Waals surface area contributed by atoms with Gasteiger partial charge in [0.05, 0.1) is 12.2 Å². The summed E-state index contributed by atoms with van der Waals surface area (Å²) in [6, 6.07) is 10.9. The lowest BCUT2D eigenvalue weighted by atomic mass is 10.2. The number of carbonyl (C=O) groups excluding carboxylic acids is 3. The van der Waals surface area contributed by atoms with Crippen LogP contribution in [0.2, 0.25) is 0 Å². The van der Waals surface area contributed by atoms with Crippen LogP contribution in [0.3, 0.4) is 0 Å². The smallest absolute Gasteiger partial charge is 0.387 e. The van der Waals surface area contributed by atoms with Gasteiger partial charge in [-0.2, -0.15) is 8.78 Å². The van der Waals surface area contributed by atoms with Crippen molar-refractivity contribution in [1.82, 2.24) is 5.32 Å². The summed E-state index contributed by atoms with van der Waals surface area (Å²) in [5, 5.41) is 2.03. The van der Waals surface area contributed by atoms with E-state index in [1.54, 1.807) is 12.1 Å². The monoisotopic (exact) mass is 393 g/mol. The van der Waals surface area contributed by atoms with Gasteiger partial charge in [-0.25, -0.2) is 4.79 Å². The van der Waals surface area contributed by atoms with Gasteiger partial charge in [-0.1, -0.05) is 0 Å². The second-order valence-electron chi connectivity index (χ2n) is 5.31. The number of carbonyl (C=O) groups is 3. The van der Waals surface area contributed by atoms with Gasteiger partial charge in [-0.15, -0.1) is 0 Å². The molecular weight excluding hydrogens is 376 g/mol. The van der Waals surface area contributed by atoms with Crippen molar-refractivity contribution in [3.05, 3.63) is 59.7 Å². The summed E-state index contributed by atoms with van der Waals surface area (Å²) in [5.41, 5.74) is 0.269. The first-order valence-corrected chi connectivity index (χ1v) is 8.18. The first-order valence-electron chi connectivity index (χ1n) is 8.18. The van der Waals surface area contributed by atoms with Crippen molar-refractivity contribution >= 4 is 17.8 Å². The van der Waals surface area contributed by atoms with Crippen molar-refractivity contribution in [3.63, 3.8) is 0 Å². The van der Waals surface area contributed by atoms with Crippen LogP contribution in [-0.4, -0.2) is 37.6 Å². The van der Waals surface area contributed by atoms with E-state index >= 15 is 0 Å². The zero-order chi connectivity index (χ0) is 20.5. The lowest BCUT2D eigenvalue weighted by Crippen LogP contribution is -2.34. The number of halogens is 2. The summed E-state index contributed by atoms with van der Waals surface area (Å²) in [5.74, 6) is -1.88. The molecule has 0 heterocycles. The molecule has 0 spiro atoms. The van der Waals surface area contributed by atoms with Gasteiger partial charge in [-0.05, 0) is 55.5 Å². The highest BCUT2D eigenvalue weighted by molar-refractivity contribution is 6.05. The largest absolute Gasteiger partial charge is 0.494 e. The molecule has 2 rings (SSSR count). The van der Waals surface area contributed by atoms with Crippen molar-refractivity contribution in [3.8, 4) is 11.5 Å². The van der Waals surface area contributed by atoms with Crippen molar-refractivity contribution in [2.45, 2.75) is 13.5 Å². The number of amides is 2. The lowest BCUT2D eigenvalue weighted by molar-refractivity contribution is -0.123. The Morgan fingerprint density at radius 2 is 1.50 bits per heavy atom. The van der Waals surface area contributed by atoms with Crippen LogP contribution in [0.15, 0.2) is 48.5 Å². The molecule has 7 nitrogen and oxygen atoms in total. The van der Waals surface area contributed by atoms with Crippen molar-refractivity contribution in [2.75, 3.05) is 13.2 Å². The second kappa shape index (κ2) is 10.0. The van der Waals surface area contributed by atoms with Gasteiger partial charge in [0.15, 0.2) is 6.61 Å². The third-order valence-electron chi connectivity index (χ3n) is 3.33. The van der Waals surface area contributed by atoms with E-state index in [1.165, 1.54) is 24.3 Å². The molecule has 0 aromatic heterocycles. The van der Waals surface area contributed by atoms with Gasteiger partial charge in [0, 0.05) is 5.56 Å². The molecule has 0 aliphatic rings. The normalized spacial score (nSPS) is 10.3. The van der Waals surface area contributed by atoms with E-state index in [4.69, 9.17) is 9.47 Å². The zero-order valence-electron chi connectivity index (χ0n) is 14.8. The summed E-state index contributed by atoms with van der Waals surface area (Å²) in [7, 11) is 0. The van der Waals surface area contributed by atoms with Gasteiger partial charge in [0.25, 0.3) is 11.8 Å². The van der Waals surface area contributed by atoms with Gasteiger partial charge < -0.3 is 14.2 Å². The zero-order valence-corrected chi connectivity index (χ0v) is 14.8. The average Bonchev–Trinajstić information content (AvgIpc) is 2.67. The van der Waals surface area contributed by atoms with Crippen LogP contribution < -0.4 is 14.8 Å². The minimum Gasteiger partial charge on any atom is -0.494 e. The van der Waals surface area contributed by atoms with Crippen LogP contribution in [-0.2, 0) is 9.53 Å². The van der Waals surface area contributed by atoms with Crippen molar-refractivity contribution in [1.29, 1.82) is 0 Å². The second-order valence-corrected chi connectivity index (χ2v) is 5.31. The SMILES string of the molecule is CCOc1ccc(C(=O)OCC(=O)NC(=O)c2ccc(OC(F)F)cc2)cc1. The summed E-state index contributed by atoms with van der Waals surface area (Å²) in [6.07, 6.45) is 0. The molecule has 2 aromatic carbocycles. The highest BCUT2D eigenvalue weighted by atomic mass is 19.3.